The number of piperazine rings is 1. The van der Waals surface area contributed by atoms with Crippen LogP contribution in [0.4, 0.5) is 4.79 Å². The van der Waals surface area contributed by atoms with Crippen molar-refractivity contribution in [2.45, 2.75) is 20.3 Å². The summed E-state index contributed by atoms with van der Waals surface area (Å²) in [7, 11) is -3.15. The van der Waals surface area contributed by atoms with Crippen LogP contribution in [0, 0.1) is 0 Å². The maximum atomic E-state index is 11.7. The van der Waals surface area contributed by atoms with Gasteiger partial charge in [-0.3, -0.25) is 4.99 Å². The lowest BCUT2D eigenvalue weighted by molar-refractivity contribution is 0.0914. The molecule has 0 aromatic rings. The van der Waals surface area contributed by atoms with E-state index in [2.05, 4.69) is 19.9 Å². The third-order valence-corrected chi connectivity index (χ3v) is 4.13. The van der Waals surface area contributed by atoms with Crippen molar-refractivity contribution in [2.75, 3.05) is 58.7 Å². The number of carbonyl (C=O) groups is 1. The minimum Gasteiger partial charge on any atom is -0.450 e. The number of ether oxygens (including phenoxy) is 1. The Balaban J connectivity index is 0.00000576. The molecular formula is C14H30IN5O4S. The molecule has 148 valence electrons. The quantitative estimate of drug-likeness (QED) is 0.230. The summed E-state index contributed by atoms with van der Waals surface area (Å²) in [5, 5.41) is 3.23. The summed E-state index contributed by atoms with van der Waals surface area (Å²) < 4.78 is 29.5. The number of hydrogen-bond acceptors (Lipinski definition) is 5. The van der Waals surface area contributed by atoms with E-state index in [9.17, 15) is 13.2 Å². The van der Waals surface area contributed by atoms with Gasteiger partial charge in [-0.25, -0.2) is 17.9 Å². The molecule has 0 bridgehead atoms. The Bertz CT molecular complexity index is 521. The lowest BCUT2D eigenvalue weighted by atomic mass is 10.3. The van der Waals surface area contributed by atoms with Gasteiger partial charge in [-0.1, -0.05) is 0 Å². The van der Waals surface area contributed by atoms with Crippen LogP contribution in [-0.4, -0.2) is 88.9 Å². The molecule has 0 atom stereocenters. The first kappa shape index (κ1) is 24.2. The van der Waals surface area contributed by atoms with Gasteiger partial charge in [0.05, 0.1) is 12.9 Å². The Kier molecular flexibility index (Phi) is 12.1. The van der Waals surface area contributed by atoms with Crippen LogP contribution in [0.3, 0.4) is 0 Å². The van der Waals surface area contributed by atoms with E-state index in [0.29, 0.717) is 52.3 Å². The summed E-state index contributed by atoms with van der Waals surface area (Å²) in [4.78, 5) is 20.0. The van der Waals surface area contributed by atoms with E-state index in [1.165, 1.54) is 0 Å². The van der Waals surface area contributed by atoms with Crippen LogP contribution < -0.4 is 10.0 Å². The number of halogens is 1. The van der Waals surface area contributed by atoms with E-state index >= 15 is 0 Å². The fourth-order valence-electron chi connectivity index (χ4n) is 2.26. The van der Waals surface area contributed by atoms with Crippen molar-refractivity contribution in [3.8, 4) is 0 Å². The van der Waals surface area contributed by atoms with E-state index in [1.54, 1.807) is 11.8 Å². The van der Waals surface area contributed by atoms with E-state index in [0.717, 1.165) is 18.8 Å². The fraction of sp³-hybridized carbons (Fsp3) is 0.857. The zero-order valence-electron chi connectivity index (χ0n) is 15.2. The van der Waals surface area contributed by atoms with E-state index in [1.807, 2.05) is 6.92 Å². The van der Waals surface area contributed by atoms with Crippen LogP contribution in [0.15, 0.2) is 4.99 Å². The molecule has 1 fully saturated rings. The molecule has 11 heteroatoms. The van der Waals surface area contributed by atoms with Crippen molar-refractivity contribution >= 4 is 46.1 Å². The molecule has 0 unspecified atom stereocenters. The molecule has 0 spiro atoms. The van der Waals surface area contributed by atoms with Gasteiger partial charge in [0, 0.05) is 45.8 Å². The lowest BCUT2D eigenvalue weighted by Gasteiger charge is -2.35. The highest BCUT2D eigenvalue weighted by atomic mass is 127. The molecule has 0 aromatic carbocycles. The van der Waals surface area contributed by atoms with Gasteiger partial charge >= 0.3 is 6.09 Å². The average molecular weight is 491 g/mol. The van der Waals surface area contributed by atoms with Crippen LogP contribution >= 0.6 is 24.0 Å². The van der Waals surface area contributed by atoms with Crippen LogP contribution in [0.25, 0.3) is 0 Å². The number of hydrogen-bond donors (Lipinski definition) is 2. The normalized spacial score (nSPS) is 15.6. The second-order valence-electron chi connectivity index (χ2n) is 5.43. The molecule has 1 rings (SSSR count). The highest BCUT2D eigenvalue weighted by Crippen LogP contribution is 2.04. The molecular weight excluding hydrogens is 461 g/mol. The Morgan fingerprint density at radius 2 is 1.76 bits per heavy atom. The minimum absolute atomic E-state index is 0. The maximum absolute atomic E-state index is 11.7. The molecule has 1 amide bonds. The predicted octanol–water partition coefficient (Wildman–Crippen LogP) is 0.283. The van der Waals surface area contributed by atoms with Gasteiger partial charge in [0.1, 0.15) is 0 Å². The van der Waals surface area contributed by atoms with Crippen molar-refractivity contribution in [2.24, 2.45) is 4.99 Å². The second kappa shape index (κ2) is 12.5. The summed E-state index contributed by atoms with van der Waals surface area (Å²) in [6.07, 6.45) is 1.50. The first-order valence-corrected chi connectivity index (χ1v) is 10.2. The number of aliphatic imine (C=N–C) groups is 1. The molecule has 9 nitrogen and oxygen atoms in total. The number of carbonyl (C=O) groups excluding carboxylic acids is 1. The Hall–Kier alpha value is -0.820. The number of amides is 1. The number of rotatable bonds is 7. The second-order valence-corrected chi connectivity index (χ2v) is 7.26. The van der Waals surface area contributed by atoms with E-state index < -0.39 is 10.0 Å². The molecule has 1 saturated heterocycles. The number of sulfonamides is 1. The van der Waals surface area contributed by atoms with Crippen molar-refractivity contribution in [1.29, 1.82) is 0 Å². The zero-order chi connectivity index (χ0) is 18.0. The monoisotopic (exact) mass is 491 g/mol. The number of guanidine groups is 1. The smallest absolute Gasteiger partial charge is 0.409 e. The summed E-state index contributed by atoms with van der Waals surface area (Å²) in [5.41, 5.74) is 0. The van der Waals surface area contributed by atoms with Crippen LogP contribution in [0.5, 0.6) is 0 Å². The molecule has 25 heavy (non-hydrogen) atoms. The summed E-state index contributed by atoms with van der Waals surface area (Å²) in [5.74, 6) is 0.792. The highest BCUT2D eigenvalue weighted by Gasteiger charge is 2.23. The first-order chi connectivity index (χ1) is 11.4. The zero-order valence-corrected chi connectivity index (χ0v) is 18.3. The van der Waals surface area contributed by atoms with Gasteiger partial charge in [-0.15, -0.1) is 24.0 Å². The Labute approximate surface area is 167 Å². The molecule has 1 aliphatic heterocycles. The fourth-order valence-corrected chi connectivity index (χ4v) is 2.78. The third-order valence-electron chi connectivity index (χ3n) is 3.40. The van der Waals surface area contributed by atoms with Gasteiger partial charge in [0.25, 0.3) is 0 Å². The third kappa shape index (κ3) is 10.0. The van der Waals surface area contributed by atoms with Crippen molar-refractivity contribution in [3.63, 3.8) is 0 Å². The van der Waals surface area contributed by atoms with Gasteiger partial charge in [0.2, 0.25) is 10.0 Å². The molecule has 1 aliphatic rings. The number of nitrogens with one attached hydrogen (secondary N) is 2. The van der Waals surface area contributed by atoms with Crippen molar-refractivity contribution in [3.05, 3.63) is 0 Å². The van der Waals surface area contributed by atoms with Gasteiger partial charge in [-0.05, 0) is 20.3 Å². The topological polar surface area (TPSA) is 103 Å². The predicted molar refractivity (Wildman–Crippen MR) is 109 cm³/mol. The van der Waals surface area contributed by atoms with Crippen LogP contribution in [-0.2, 0) is 14.8 Å². The minimum atomic E-state index is -3.15. The molecule has 2 N–H and O–H groups in total. The maximum Gasteiger partial charge on any atom is 0.409 e. The average Bonchev–Trinajstić information content (AvgIpc) is 2.53. The molecule has 1 heterocycles. The largest absolute Gasteiger partial charge is 0.450 e. The van der Waals surface area contributed by atoms with Gasteiger partial charge in [-0.2, -0.15) is 0 Å². The van der Waals surface area contributed by atoms with E-state index in [4.69, 9.17) is 4.74 Å². The van der Waals surface area contributed by atoms with Crippen LogP contribution in [0.1, 0.15) is 20.3 Å². The lowest BCUT2D eigenvalue weighted by Crippen LogP contribution is -2.54. The van der Waals surface area contributed by atoms with Gasteiger partial charge < -0.3 is 19.9 Å². The summed E-state index contributed by atoms with van der Waals surface area (Å²) >= 11 is 0. The summed E-state index contributed by atoms with van der Waals surface area (Å²) in [6.45, 7) is 8.39. The molecule has 0 saturated carbocycles. The SMILES string of the molecule is CCNC(=NCCCNS(C)(=O)=O)N1CCN(C(=O)OCC)CC1.I. The number of nitrogens with zero attached hydrogens (tertiary/aromatic N) is 3. The Morgan fingerprint density at radius 3 is 2.28 bits per heavy atom. The van der Waals surface area contributed by atoms with Crippen molar-refractivity contribution < 1.29 is 17.9 Å². The first-order valence-electron chi connectivity index (χ1n) is 8.27. The van der Waals surface area contributed by atoms with Crippen molar-refractivity contribution in [1.82, 2.24) is 19.8 Å². The molecule has 0 aliphatic carbocycles. The van der Waals surface area contributed by atoms with E-state index in [-0.39, 0.29) is 30.1 Å². The van der Waals surface area contributed by atoms with Crippen LogP contribution in [0.2, 0.25) is 0 Å². The highest BCUT2D eigenvalue weighted by molar-refractivity contribution is 14.0. The standard InChI is InChI=1S/C14H29N5O4S.HI/c1-4-15-13(16-7-6-8-17-24(3,21)22)18-9-11-19(12-10-18)14(20)23-5-2;/h17H,4-12H2,1-3H3,(H,15,16);1H. The summed E-state index contributed by atoms with van der Waals surface area (Å²) in [6, 6.07) is 0. The Morgan fingerprint density at radius 1 is 1.16 bits per heavy atom. The molecule has 0 aromatic heterocycles. The van der Waals surface area contributed by atoms with Gasteiger partial charge in [0.15, 0.2) is 5.96 Å². The molecule has 0 radical (unpaired) electrons.